The Bertz CT molecular complexity index is 572. The topological polar surface area (TPSA) is 9.72 Å². The van der Waals surface area contributed by atoms with Gasteiger partial charge in [0.05, 0.1) is 0 Å². The third-order valence-corrected chi connectivity index (χ3v) is 9.15. The number of unbranched alkanes of at least 4 members (excludes halogenated alkanes) is 15. The van der Waals surface area contributed by atoms with Gasteiger partial charge in [0.15, 0.2) is 0 Å². The molecule has 0 aromatic rings. The fraction of sp³-hybridized carbons (Fsp3) is 0.917. The summed E-state index contributed by atoms with van der Waals surface area (Å²) in [6.45, 7) is 19.5. The van der Waals surface area contributed by atoms with E-state index < -0.39 is 0 Å². The van der Waals surface area contributed by atoms with Crippen molar-refractivity contribution < 1.29 is 0 Å². The Morgan fingerprint density at radius 2 is 0.522 bits per heavy atom. The van der Waals surface area contributed by atoms with Gasteiger partial charge in [-0.2, -0.15) is 0 Å². The average molecular weight is 861 g/mol. The minimum Gasteiger partial charge on any atom is -0.411 e. The van der Waals surface area contributed by atoms with E-state index in [0.717, 1.165) is 58.5 Å². The van der Waals surface area contributed by atoms with Crippen LogP contribution in [0, 0.1) is 0 Å². The SMILES string of the molecule is CCCCCCCCN(CCC)C(=S)[S-].CCCCCCCCN(CCC)C(=S)[S-].CCCCCCCCN(CCC)C(=S)[S-].[Sb+3]. The van der Waals surface area contributed by atoms with Crippen molar-refractivity contribution in [1.82, 2.24) is 14.7 Å². The third kappa shape index (κ3) is 41.3. The van der Waals surface area contributed by atoms with Crippen molar-refractivity contribution in [2.75, 3.05) is 39.3 Å². The first-order valence-corrected chi connectivity index (χ1v) is 21.0. The molecule has 0 aromatic carbocycles. The molecule has 272 valence electrons. The minimum absolute atomic E-state index is 0. The molecule has 10 heteroatoms. The van der Waals surface area contributed by atoms with Gasteiger partial charge in [-0.15, -0.1) is 0 Å². The van der Waals surface area contributed by atoms with E-state index in [2.05, 4.69) is 56.2 Å². The molecule has 0 unspecified atom stereocenters. The molecule has 0 aromatic heterocycles. The number of hydrogen-bond donors (Lipinski definition) is 0. The first-order chi connectivity index (χ1) is 21.7. The van der Waals surface area contributed by atoms with Crippen LogP contribution in [0.25, 0.3) is 0 Å². The van der Waals surface area contributed by atoms with E-state index in [-0.39, 0.29) is 24.4 Å². The maximum absolute atomic E-state index is 5.04. The maximum Gasteiger partial charge on any atom is 3.00 e. The zero-order valence-corrected chi connectivity index (χ0v) is 38.3. The zero-order valence-electron chi connectivity index (χ0n) is 30.8. The van der Waals surface area contributed by atoms with Crippen molar-refractivity contribution in [2.24, 2.45) is 0 Å². The molecule has 0 aliphatic carbocycles. The monoisotopic (exact) mass is 859 g/mol. The van der Waals surface area contributed by atoms with Gasteiger partial charge in [-0.3, -0.25) is 0 Å². The molecule has 0 heterocycles. The summed E-state index contributed by atoms with van der Waals surface area (Å²) in [7, 11) is 0. The van der Waals surface area contributed by atoms with Crippen molar-refractivity contribution in [3.63, 3.8) is 0 Å². The second-order valence-electron chi connectivity index (χ2n) is 12.1. The van der Waals surface area contributed by atoms with Crippen molar-refractivity contribution in [3.8, 4) is 0 Å². The van der Waals surface area contributed by atoms with Crippen molar-refractivity contribution >= 4 is 112 Å². The van der Waals surface area contributed by atoms with Crippen LogP contribution < -0.4 is 0 Å². The molecule has 46 heavy (non-hydrogen) atoms. The van der Waals surface area contributed by atoms with Crippen molar-refractivity contribution in [1.29, 1.82) is 0 Å². The van der Waals surface area contributed by atoms with Crippen LogP contribution in [0.5, 0.6) is 0 Å². The standard InChI is InChI=1S/3C12H25NS2.Sb/c3*1-3-5-6-7-8-9-11-13(10-4-2)12(14)15;/h3*3-11H2,1-2H3,(H,14,15);/q;;;+3/p-3. The molecule has 0 rings (SSSR count). The van der Waals surface area contributed by atoms with E-state index in [9.17, 15) is 0 Å². The summed E-state index contributed by atoms with van der Waals surface area (Å²) < 4.78 is 1.93. The van der Waals surface area contributed by atoms with Gasteiger partial charge in [0, 0.05) is 39.3 Å². The van der Waals surface area contributed by atoms with E-state index in [1.54, 1.807) is 0 Å². The van der Waals surface area contributed by atoms with Crippen LogP contribution >= 0.6 is 36.7 Å². The largest absolute Gasteiger partial charge is 3.00 e. The summed E-state index contributed by atoms with van der Waals surface area (Å²) in [6, 6.07) is 0. The summed E-state index contributed by atoms with van der Waals surface area (Å²) in [4.78, 5) is 6.47. The Morgan fingerprint density at radius 1 is 0.326 bits per heavy atom. The summed E-state index contributed by atoms with van der Waals surface area (Å²) in [5.41, 5.74) is 0. The predicted octanol–water partition coefficient (Wildman–Crippen LogP) is 11.3. The first-order valence-electron chi connectivity index (χ1n) is 18.5. The van der Waals surface area contributed by atoms with Gasteiger partial charge in [-0.1, -0.05) is 151 Å². The average Bonchev–Trinajstić information content (AvgIpc) is 3.01. The second kappa shape index (κ2) is 44.2. The fourth-order valence-corrected chi connectivity index (χ4v) is 6.04. The third-order valence-electron chi connectivity index (χ3n) is 7.60. The Kier molecular flexibility index (Phi) is 51.8. The summed E-state index contributed by atoms with van der Waals surface area (Å²) in [5.74, 6) is 0. The zero-order chi connectivity index (χ0) is 34.6. The first kappa shape index (κ1) is 53.9. The Labute approximate surface area is 339 Å². The van der Waals surface area contributed by atoms with Gasteiger partial charge >= 0.3 is 24.4 Å². The summed E-state index contributed by atoms with van der Waals surface area (Å²) in [5, 5.41) is 0. The van der Waals surface area contributed by atoms with Crippen molar-refractivity contribution in [3.05, 3.63) is 0 Å². The molecule has 0 N–H and O–H groups in total. The summed E-state index contributed by atoms with van der Waals surface area (Å²) in [6.07, 6.45) is 27.3. The van der Waals surface area contributed by atoms with Crippen LogP contribution in [0.1, 0.15) is 176 Å². The van der Waals surface area contributed by atoms with E-state index >= 15 is 0 Å². The predicted molar refractivity (Wildman–Crippen MR) is 231 cm³/mol. The van der Waals surface area contributed by atoms with Gasteiger partial charge in [-0.25, -0.2) is 0 Å². The molecule has 0 atom stereocenters. The van der Waals surface area contributed by atoms with E-state index in [0.29, 0.717) is 13.0 Å². The fourth-order valence-electron chi connectivity index (χ4n) is 4.94. The number of thiocarbonyl (C=S) groups is 3. The van der Waals surface area contributed by atoms with Crippen LogP contribution in [-0.2, 0) is 37.9 Å². The van der Waals surface area contributed by atoms with Crippen LogP contribution in [0.2, 0.25) is 0 Å². The normalized spacial score (nSPS) is 10.0. The van der Waals surface area contributed by atoms with E-state index in [4.69, 9.17) is 74.5 Å². The molecule has 0 saturated heterocycles. The van der Waals surface area contributed by atoms with Gasteiger partial charge in [0.25, 0.3) is 0 Å². The van der Waals surface area contributed by atoms with Crippen LogP contribution in [0.3, 0.4) is 0 Å². The van der Waals surface area contributed by atoms with Gasteiger partial charge < -0.3 is 89.2 Å². The van der Waals surface area contributed by atoms with E-state index in [1.807, 2.05) is 0 Å². The molecule has 3 nitrogen and oxygen atoms in total. The van der Waals surface area contributed by atoms with Gasteiger partial charge in [0.1, 0.15) is 0 Å². The molecule has 0 aliphatic rings. The number of rotatable bonds is 27. The molecule has 0 amide bonds. The Hall–Kier alpha value is 1.15. The smallest absolute Gasteiger partial charge is 0.411 e. The summed E-state index contributed by atoms with van der Waals surface area (Å²) >= 11 is 30.3. The molecule has 0 saturated carbocycles. The van der Waals surface area contributed by atoms with Crippen LogP contribution in [0.15, 0.2) is 0 Å². The minimum atomic E-state index is 0. The Morgan fingerprint density at radius 3 is 0.696 bits per heavy atom. The molecular formula is C36H72N3S6Sb. The molecule has 2 radical (unpaired) electrons. The van der Waals surface area contributed by atoms with E-state index in [1.165, 1.54) is 116 Å². The molecular weight excluding hydrogens is 789 g/mol. The molecule has 0 fully saturated rings. The molecule has 0 aliphatic heterocycles. The van der Waals surface area contributed by atoms with Crippen LogP contribution in [-0.4, -0.2) is 91.4 Å². The number of hydrogen-bond acceptors (Lipinski definition) is 6. The quantitative estimate of drug-likeness (QED) is 0.0343. The van der Waals surface area contributed by atoms with Crippen molar-refractivity contribution in [2.45, 2.75) is 176 Å². The molecule has 0 bridgehead atoms. The Balaban J connectivity index is -0.000000285. The molecule has 0 spiro atoms. The van der Waals surface area contributed by atoms with Gasteiger partial charge in [-0.05, 0) is 38.5 Å². The second-order valence-corrected chi connectivity index (χ2v) is 15.2. The van der Waals surface area contributed by atoms with Gasteiger partial charge in [0.2, 0.25) is 0 Å². The number of nitrogens with zero attached hydrogens (tertiary/aromatic N) is 3. The maximum atomic E-state index is 5.04. The van der Waals surface area contributed by atoms with Crippen LogP contribution in [0.4, 0.5) is 0 Å².